The van der Waals surface area contributed by atoms with Gasteiger partial charge in [-0.3, -0.25) is 4.79 Å². The van der Waals surface area contributed by atoms with Crippen LogP contribution in [0.4, 0.5) is 5.69 Å². The predicted octanol–water partition coefficient (Wildman–Crippen LogP) is 3.40. The molecule has 0 aliphatic heterocycles. The molecule has 0 heterocycles. The molecule has 98 valence electrons. The zero-order chi connectivity index (χ0) is 13.7. The molecule has 0 spiro atoms. The van der Waals surface area contributed by atoms with Gasteiger partial charge < -0.3 is 10.1 Å². The molecule has 0 saturated heterocycles. The quantitative estimate of drug-likeness (QED) is 0.909. The van der Waals surface area contributed by atoms with Gasteiger partial charge in [0.2, 0.25) is 0 Å². The van der Waals surface area contributed by atoms with Gasteiger partial charge in [0.25, 0.3) is 5.91 Å². The van der Waals surface area contributed by atoms with Crippen LogP contribution in [-0.2, 0) is 4.79 Å². The Morgan fingerprint density at radius 2 is 1.68 bits per heavy atom. The van der Waals surface area contributed by atoms with Crippen molar-refractivity contribution in [1.82, 2.24) is 0 Å². The molecule has 3 nitrogen and oxygen atoms in total. The van der Waals surface area contributed by atoms with Gasteiger partial charge in [0.15, 0.2) is 6.10 Å². The molecule has 19 heavy (non-hydrogen) atoms. The normalized spacial score (nSPS) is 11.7. The van der Waals surface area contributed by atoms with Crippen molar-refractivity contribution in [2.24, 2.45) is 0 Å². The van der Waals surface area contributed by atoms with Crippen molar-refractivity contribution in [2.45, 2.75) is 20.0 Å². The highest BCUT2D eigenvalue weighted by Crippen LogP contribution is 2.18. The summed E-state index contributed by atoms with van der Waals surface area (Å²) in [5, 5.41) is 2.82. The molecule has 0 radical (unpaired) electrons. The first kappa shape index (κ1) is 13.1. The minimum atomic E-state index is -0.540. The average Bonchev–Trinajstić information content (AvgIpc) is 2.42. The maximum absolute atomic E-state index is 12.0. The standard InChI is InChI=1S/C16H17NO2/c1-12-8-6-7-11-15(12)19-13(2)16(18)17-14-9-4-3-5-10-14/h3-11,13H,1-2H3,(H,17,18)/t13-/m0/s1. The van der Waals surface area contributed by atoms with Crippen LogP contribution in [0, 0.1) is 6.92 Å². The van der Waals surface area contributed by atoms with E-state index in [1.807, 2.05) is 61.5 Å². The Bertz CT molecular complexity index is 552. The Labute approximate surface area is 113 Å². The molecular formula is C16H17NO2. The SMILES string of the molecule is Cc1ccccc1O[C@@H](C)C(=O)Nc1ccccc1. The van der Waals surface area contributed by atoms with Crippen LogP contribution in [0.2, 0.25) is 0 Å². The van der Waals surface area contributed by atoms with E-state index in [9.17, 15) is 4.79 Å². The van der Waals surface area contributed by atoms with Crippen LogP contribution in [0.1, 0.15) is 12.5 Å². The third kappa shape index (κ3) is 3.58. The minimum absolute atomic E-state index is 0.158. The van der Waals surface area contributed by atoms with Crippen LogP contribution in [0.15, 0.2) is 54.6 Å². The smallest absolute Gasteiger partial charge is 0.265 e. The second kappa shape index (κ2) is 6.05. The van der Waals surface area contributed by atoms with Crippen molar-refractivity contribution >= 4 is 11.6 Å². The molecule has 1 amide bonds. The maximum atomic E-state index is 12.0. The summed E-state index contributed by atoms with van der Waals surface area (Å²) in [5.41, 5.74) is 1.79. The zero-order valence-corrected chi connectivity index (χ0v) is 11.1. The fraction of sp³-hybridized carbons (Fsp3) is 0.188. The summed E-state index contributed by atoms with van der Waals surface area (Å²) in [4.78, 5) is 12.0. The Hall–Kier alpha value is -2.29. The molecule has 2 rings (SSSR count). The van der Waals surface area contributed by atoms with Gasteiger partial charge in [-0.15, -0.1) is 0 Å². The fourth-order valence-electron chi connectivity index (χ4n) is 1.70. The third-order valence-electron chi connectivity index (χ3n) is 2.81. The number of hydrogen-bond acceptors (Lipinski definition) is 2. The Morgan fingerprint density at radius 1 is 1.05 bits per heavy atom. The number of ether oxygens (including phenoxy) is 1. The van der Waals surface area contributed by atoms with E-state index in [-0.39, 0.29) is 5.91 Å². The van der Waals surface area contributed by atoms with Gasteiger partial charge >= 0.3 is 0 Å². The summed E-state index contributed by atoms with van der Waals surface area (Å²) in [5.74, 6) is 0.577. The van der Waals surface area contributed by atoms with Crippen LogP contribution in [0.3, 0.4) is 0 Å². The van der Waals surface area contributed by atoms with E-state index >= 15 is 0 Å². The average molecular weight is 255 g/mol. The number of amides is 1. The number of carbonyl (C=O) groups excluding carboxylic acids is 1. The summed E-state index contributed by atoms with van der Waals surface area (Å²) in [6.45, 7) is 3.70. The summed E-state index contributed by atoms with van der Waals surface area (Å²) in [6.07, 6.45) is -0.540. The lowest BCUT2D eigenvalue weighted by molar-refractivity contribution is -0.122. The summed E-state index contributed by atoms with van der Waals surface area (Å²) >= 11 is 0. The first-order chi connectivity index (χ1) is 9.16. The van der Waals surface area contributed by atoms with Gasteiger partial charge in [-0.05, 0) is 37.6 Å². The molecule has 0 aliphatic carbocycles. The van der Waals surface area contributed by atoms with E-state index in [0.717, 1.165) is 17.0 Å². The largest absolute Gasteiger partial charge is 0.481 e. The summed E-state index contributed by atoms with van der Waals surface area (Å²) < 4.78 is 5.67. The van der Waals surface area contributed by atoms with Crippen LogP contribution in [-0.4, -0.2) is 12.0 Å². The predicted molar refractivity (Wildman–Crippen MR) is 76.3 cm³/mol. The van der Waals surface area contributed by atoms with Gasteiger partial charge in [0, 0.05) is 5.69 Å². The summed E-state index contributed by atoms with van der Waals surface area (Å²) in [7, 11) is 0. The molecule has 0 aromatic heterocycles. The molecule has 0 fully saturated rings. The van der Waals surface area contributed by atoms with Gasteiger partial charge in [-0.1, -0.05) is 36.4 Å². The molecule has 1 atom stereocenters. The van der Waals surface area contributed by atoms with Crippen LogP contribution >= 0.6 is 0 Å². The first-order valence-electron chi connectivity index (χ1n) is 6.25. The van der Waals surface area contributed by atoms with E-state index in [2.05, 4.69) is 5.32 Å². The van der Waals surface area contributed by atoms with Crippen LogP contribution in [0.5, 0.6) is 5.75 Å². The number of carbonyl (C=O) groups is 1. The molecule has 1 N–H and O–H groups in total. The Morgan fingerprint density at radius 3 is 2.37 bits per heavy atom. The molecule has 0 aliphatic rings. The van der Waals surface area contributed by atoms with Gasteiger partial charge in [-0.2, -0.15) is 0 Å². The lowest BCUT2D eigenvalue weighted by Gasteiger charge is -2.16. The van der Waals surface area contributed by atoms with E-state index in [4.69, 9.17) is 4.74 Å². The molecule has 0 bridgehead atoms. The van der Waals surface area contributed by atoms with Gasteiger partial charge in [0.05, 0.1) is 0 Å². The monoisotopic (exact) mass is 255 g/mol. The van der Waals surface area contributed by atoms with E-state index in [1.54, 1.807) is 6.92 Å². The number of benzene rings is 2. The van der Waals surface area contributed by atoms with Crippen LogP contribution < -0.4 is 10.1 Å². The van der Waals surface area contributed by atoms with Crippen molar-refractivity contribution in [3.8, 4) is 5.75 Å². The van der Waals surface area contributed by atoms with Crippen molar-refractivity contribution in [1.29, 1.82) is 0 Å². The number of nitrogens with one attached hydrogen (secondary N) is 1. The first-order valence-corrected chi connectivity index (χ1v) is 6.25. The molecular weight excluding hydrogens is 238 g/mol. The third-order valence-corrected chi connectivity index (χ3v) is 2.81. The molecule has 0 saturated carbocycles. The fourth-order valence-corrected chi connectivity index (χ4v) is 1.70. The van der Waals surface area contributed by atoms with Crippen molar-refractivity contribution < 1.29 is 9.53 Å². The topological polar surface area (TPSA) is 38.3 Å². The van der Waals surface area contributed by atoms with E-state index in [1.165, 1.54) is 0 Å². The van der Waals surface area contributed by atoms with Gasteiger partial charge in [-0.25, -0.2) is 0 Å². The maximum Gasteiger partial charge on any atom is 0.265 e. The van der Waals surface area contributed by atoms with Crippen molar-refractivity contribution in [2.75, 3.05) is 5.32 Å². The van der Waals surface area contributed by atoms with Crippen LogP contribution in [0.25, 0.3) is 0 Å². The highest BCUT2D eigenvalue weighted by molar-refractivity contribution is 5.94. The number of anilines is 1. The number of aryl methyl sites for hydroxylation is 1. The molecule has 2 aromatic rings. The molecule has 2 aromatic carbocycles. The van der Waals surface area contributed by atoms with E-state index in [0.29, 0.717) is 0 Å². The number of rotatable bonds is 4. The molecule has 0 unspecified atom stereocenters. The second-order valence-electron chi connectivity index (χ2n) is 4.38. The van der Waals surface area contributed by atoms with E-state index < -0.39 is 6.10 Å². The minimum Gasteiger partial charge on any atom is -0.481 e. The number of hydrogen-bond donors (Lipinski definition) is 1. The van der Waals surface area contributed by atoms with Crippen molar-refractivity contribution in [3.05, 3.63) is 60.2 Å². The second-order valence-corrected chi connectivity index (χ2v) is 4.38. The number of para-hydroxylation sites is 2. The highest BCUT2D eigenvalue weighted by Gasteiger charge is 2.15. The highest BCUT2D eigenvalue weighted by atomic mass is 16.5. The Kier molecular flexibility index (Phi) is 4.18. The lowest BCUT2D eigenvalue weighted by Crippen LogP contribution is -2.30. The Balaban J connectivity index is 1.98. The van der Waals surface area contributed by atoms with Crippen molar-refractivity contribution in [3.63, 3.8) is 0 Å². The zero-order valence-electron chi connectivity index (χ0n) is 11.1. The molecule has 3 heteroatoms. The van der Waals surface area contributed by atoms with Gasteiger partial charge in [0.1, 0.15) is 5.75 Å². The lowest BCUT2D eigenvalue weighted by atomic mass is 10.2. The summed E-state index contributed by atoms with van der Waals surface area (Å²) in [6, 6.07) is 17.0.